The van der Waals surface area contributed by atoms with Crippen LogP contribution in [0.5, 0.6) is 11.6 Å². The van der Waals surface area contributed by atoms with E-state index in [1.807, 2.05) is 19.1 Å². The summed E-state index contributed by atoms with van der Waals surface area (Å²) in [5.41, 5.74) is 1.47. The van der Waals surface area contributed by atoms with Gasteiger partial charge in [-0.1, -0.05) is 18.2 Å². The lowest BCUT2D eigenvalue weighted by molar-refractivity contribution is -0.0498. The van der Waals surface area contributed by atoms with Crippen molar-refractivity contribution in [2.45, 2.75) is 58.0 Å². The van der Waals surface area contributed by atoms with Crippen molar-refractivity contribution in [3.63, 3.8) is 0 Å². The Morgan fingerprint density at radius 3 is 2.62 bits per heavy atom. The Morgan fingerprint density at radius 2 is 1.94 bits per heavy atom. The summed E-state index contributed by atoms with van der Waals surface area (Å²) in [6.45, 7) is 0.296. The second-order valence-electron chi connectivity index (χ2n) is 7.53. The van der Waals surface area contributed by atoms with Crippen molar-refractivity contribution in [3.8, 4) is 11.6 Å². The number of alkyl halides is 2. The molecule has 7 nitrogen and oxygen atoms in total. The van der Waals surface area contributed by atoms with Crippen LogP contribution in [0.2, 0.25) is 0 Å². The van der Waals surface area contributed by atoms with Crippen molar-refractivity contribution in [2.24, 2.45) is 4.99 Å². The number of halogens is 2. The van der Waals surface area contributed by atoms with Crippen molar-refractivity contribution in [2.75, 3.05) is 13.1 Å². The number of nitrogens with one attached hydrogen (secondary N) is 2. The van der Waals surface area contributed by atoms with E-state index in [-0.39, 0.29) is 18.4 Å². The van der Waals surface area contributed by atoms with Gasteiger partial charge in [0.25, 0.3) is 0 Å². The number of guanidine groups is 1. The van der Waals surface area contributed by atoms with E-state index in [0.717, 1.165) is 18.4 Å². The molecule has 1 aliphatic carbocycles. The smallest absolute Gasteiger partial charge is 0.387 e. The molecule has 3 N–H and O–H groups in total. The molecule has 1 fully saturated rings. The molecule has 0 aliphatic heterocycles. The molecule has 0 amide bonds. The predicted molar refractivity (Wildman–Crippen MR) is 118 cm³/mol. The lowest BCUT2D eigenvalue weighted by atomic mass is 10.1. The fourth-order valence-corrected chi connectivity index (χ4v) is 3.50. The van der Waals surface area contributed by atoms with Gasteiger partial charge < -0.3 is 25.2 Å². The van der Waals surface area contributed by atoms with Crippen LogP contribution >= 0.6 is 0 Å². The minimum absolute atomic E-state index is 0.0471. The van der Waals surface area contributed by atoms with Gasteiger partial charge in [0.15, 0.2) is 5.96 Å². The third kappa shape index (κ3) is 7.33. The van der Waals surface area contributed by atoms with E-state index in [9.17, 15) is 13.9 Å². The van der Waals surface area contributed by atoms with Gasteiger partial charge in [-0.15, -0.1) is 0 Å². The van der Waals surface area contributed by atoms with E-state index >= 15 is 0 Å². The Hall–Kier alpha value is -2.94. The summed E-state index contributed by atoms with van der Waals surface area (Å²) in [7, 11) is 0. The fraction of sp³-hybridized carbons (Fsp3) is 0.478. The summed E-state index contributed by atoms with van der Waals surface area (Å²) in [5.74, 6) is 1.20. The second-order valence-corrected chi connectivity index (χ2v) is 7.53. The van der Waals surface area contributed by atoms with Crippen LogP contribution in [-0.2, 0) is 6.54 Å². The maximum absolute atomic E-state index is 12.3. The number of nitrogens with zero attached hydrogens (tertiary/aromatic N) is 2. The van der Waals surface area contributed by atoms with Crippen molar-refractivity contribution in [3.05, 3.63) is 53.7 Å². The zero-order chi connectivity index (χ0) is 22.8. The molecule has 1 atom stereocenters. The number of pyridine rings is 1. The maximum Gasteiger partial charge on any atom is 0.387 e. The average Bonchev–Trinajstić information content (AvgIpc) is 3.29. The molecular formula is C23H30F2N4O3. The standard InChI is InChI=1S/C23H30F2N4O3/c1-2-26-23(29-15-20(30)16-9-11-19(12-10-16)32-22(24)25)28-14-17-6-5-13-27-21(17)31-18-7-3-4-8-18/h5-6,9-13,18,20,22,30H,2-4,7-8,14-15H2,1H3,(H2,26,28,29). The van der Waals surface area contributed by atoms with E-state index in [1.165, 1.54) is 25.0 Å². The Bertz CT molecular complexity index is 859. The highest BCUT2D eigenvalue weighted by molar-refractivity contribution is 5.79. The first kappa shape index (κ1) is 23.7. The topological polar surface area (TPSA) is 88.0 Å². The van der Waals surface area contributed by atoms with Crippen LogP contribution < -0.4 is 20.1 Å². The predicted octanol–water partition coefficient (Wildman–Crippen LogP) is 3.79. The molecule has 0 spiro atoms. The monoisotopic (exact) mass is 448 g/mol. The summed E-state index contributed by atoms with van der Waals surface area (Å²) in [6, 6.07) is 9.71. The fourth-order valence-electron chi connectivity index (χ4n) is 3.50. The number of aliphatic hydroxyl groups excluding tert-OH is 1. The maximum atomic E-state index is 12.3. The Morgan fingerprint density at radius 1 is 1.19 bits per heavy atom. The quantitative estimate of drug-likeness (QED) is 0.379. The minimum atomic E-state index is -2.88. The zero-order valence-electron chi connectivity index (χ0n) is 18.1. The van der Waals surface area contributed by atoms with Crippen LogP contribution in [0.25, 0.3) is 0 Å². The first-order valence-corrected chi connectivity index (χ1v) is 10.9. The molecule has 1 aromatic heterocycles. The van der Waals surface area contributed by atoms with E-state index in [1.54, 1.807) is 18.3 Å². The molecule has 0 saturated heterocycles. The zero-order valence-corrected chi connectivity index (χ0v) is 18.1. The third-order valence-electron chi connectivity index (χ3n) is 5.14. The summed E-state index contributed by atoms with van der Waals surface area (Å²) < 4.78 is 34.9. The van der Waals surface area contributed by atoms with Gasteiger partial charge >= 0.3 is 6.61 Å². The number of rotatable bonds is 10. The lowest BCUT2D eigenvalue weighted by Crippen LogP contribution is -2.39. The highest BCUT2D eigenvalue weighted by atomic mass is 19.3. The van der Waals surface area contributed by atoms with Gasteiger partial charge in [-0.2, -0.15) is 8.78 Å². The van der Waals surface area contributed by atoms with E-state index in [2.05, 4.69) is 25.3 Å². The Balaban J connectivity index is 1.58. The lowest BCUT2D eigenvalue weighted by Gasteiger charge is -2.17. The highest BCUT2D eigenvalue weighted by Crippen LogP contribution is 2.25. The van der Waals surface area contributed by atoms with Crippen molar-refractivity contribution >= 4 is 5.96 Å². The summed E-state index contributed by atoms with van der Waals surface area (Å²) >= 11 is 0. The summed E-state index contributed by atoms with van der Waals surface area (Å²) in [4.78, 5) is 8.97. The largest absolute Gasteiger partial charge is 0.474 e. The molecular weight excluding hydrogens is 418 g/mol. The Kier molecular flexibility index (Phi) is 9.03. The average molecular weight is 449 g/mol. The molecule has 9 heteroatoms. The van der Waals surface area contributed by atoms with Crippen molar-refractivity contribution < 1.29 is 23.4 Å². The van der Waals surface area contributed by atoms with Gasteiger partial charge in [0.05, 0.1) is 12.6 Å². The second kappa shape index (κ2) is 12.2. The van der Waals surface area contributed by atoms with Crippen LogP contribution in [0.4, 0.5) is 8.78 Å². The van der Waals surface area contributed by atoms with Gasteiger partial charge in [0.1, 0.15) is 11.9 Å². The van der Waals surface area contributed by atoms with Crippen LogP contribution in [0.1, 0.15) is 49.8 Å². The molecule has 1 saturated carbocycles. The Labute approximate surface area is 186 Å². The van der Waals surface area contributed by atoms with Crippen LogP contribution in [0.15, 0.2) is 47.6 Å². The molecule has 1 aromatic carbocycles. The molecule has 1 aliphatic rings. The van der Waals surface area contributed by atoms with Gasteiger partial charge in [0, 0.05) is 24.8 Å². The third-order valence-corrected chi connectivity index (χ3v) is 5.14. The number of ether oxygens (including phenoxy) is 2. The number of hydrogen-bond donors (Lipinski definition) is 3. The minimum Gasteiger partial charge on any atom is -0.474 e. The van der Waals surface area contributed by atoms with Gasteiger partial charge in [-0.25, -0.2) is 9.98 Å². The van der Waals surface area contributed by atoms with Crippen LogP contribution in [0, 0.1) is 0 Å². The number of aliphatic hydroxyl groups is 1. The van der Waals surface area contributed by atoms with Gasteiger partial charge in [0.2, 0.25) is 5.88 Å². The number of hydrogen-bond acceptors (Lipinski definition) is 5. The first-order chi connectivity index (χ1) is 15.5. The highest BCUT2D eigenvalue weighted by Gasteiger charge is 2.18. The summed E-state index contributed by atoms with van der Waals surface area (Å²) in [6.07, 6.45) is 5.56. The van der Waals surface area contributed by atoms with E-state index in [0.29, 0.717) is 30.5 Å². The van der Waals surface area contributed by atoms with E-state index < -0.39 is 12.7 Å². The molecule has 3 rings (SSSR count). The summed E-state index contributed by atoms with van der Waals surface area (Å²) in [5, 5.41) is 16.7. The molecule has 0 bridgehead atoms. The molecule has 2 aromatic rings. The number of benzene rings is 1. The van der Waals surface area contributed by atoms with E-state index in [4.69, 9.17) is 4.74 Å². The van der Waals surface area contributed by atoms with Crippen LogP contribution in [0.3, 0.4) is 0 Å². The normalized spacial score (nSPS) is 15.6. The number of aliphatic imine (C=N–C) groups is 1. The molecule has 174 valence electrons. The molecule has 1 unspecified atom stereocenters. The SMILES string of the molecule is CCNC(=NCc1cccnc1OC1CCCC1)NCC(O)c1ccc(OC(F)F)cc1. The first-order valence-electron chi connectivity index (χ1n) is 10.9. The van der Waals surface area contributed by atoms with Gasteiger partial charge in [-0.05, 0) is 56.4 Å². The molecule has 1 heterocycles. The van der Waals surface area contributed by atoms with Gasteiger partial charge in [-0.3, -0.25) is 0 Å². The van der Waals surface area contributed by atoms with Crippen LogP contribution in [-0.4, -0.2) is 41.9 Å². The number of aromatic nitrogens is 1. The molecule has 0 radical (unpaired) electrons. The van der Waals surface area contributed by atoms with Crippen molar-refractivity contribution in [1.82, 2.24) is 15.6 Å². The van der Waals surface area contributed by atoms with Crippen molar-refractivity contribution in [1.29, 1.82) is 0 Å². The molecule has 32 heavy (non-hydrogen) atoms.